The van der Waals surface area contributed by atoms with Crippen LogP contribution in [0.15, 0.2) is 48.5 Å². The van der Waals surface area contributed by atoms with Gasteiger partial charge < -0.3 is 15.4 Å². The summed E-state index contributed by atoms with van der Waals surface area (Å²) in [6.45, 7) is 2.60. The highest BCUT2D eigenvalue weighted by molar-refractivity contribution is 7.15. The van der Waals surface area contributed by atoms with Crippen molar-refractivity contribution in [3.8, 4) is 11.8 Å². The lowest BCUT2D eigenvalue weighted by atomic mass is 9.98. The predicted molar refractivity (Wildman–Crippen MR) is 140 cm³/mol. The Hall–Kier alpha value is -3.74. The zero-order valence-electron chi connectivity index (χ0n) is 20.2. The van der Waals surface area contributed by atoms with Crippen LogP contribution in [0.1, 0.15) is 46.3 Å². The first-order valence-corrected chi connectivity index (χ1v) is 12.9. The highest BCUT2D eigenvalue weighted by atomic mass is 32.1. The number of aryl methyl sites for hydroxylation is 2. The summed E-state index contributed by atoms with van der Waals surface area (Å²) < 4.78 is 5.61. The molecule has 0 bridgehead atoms. The molecular weight excluding hydrogens is 474 g/mol. The fourth-order valence-electron chi connectivity index (χ4n) is 4.00. The Labute approximate surface area is 214 Å². The molecule has 1 atom stereocenters. The van der Waals surface area contributed by atoms with Crippen molar-refractivity contribution in [2.75, 3.05) is 23.8 Å². The first-order chi connectivity index (χ1) is 17.5. The van der Waals surface area contributed by atoms with Crippen LogP contribution in [0.5, 0.6) is 5.75 Å². The van der Waals surface area contributed by atoms with Crippen molar-refractivity contribution in [3.05, 3.63) is 70.2 Å². The molecule has 36 heavy (non-hydrogen) atoms. The van der Waals surface area contributed by atoms with Gasteiger partial charge in [0.1, 0.15) is 5.75 Å². The van der Waals surface area contributed by atoms with E-state index < -0.39 is 0 Å². The average molecular weight is 504 g/mol. The van der Waals surface area contributed by atoms with Crippen molar-refractivity contribution in [1.82, 2.24) is 10.3 Å². The summed E-state index contributed by atoms with van der Waals surface area (Å²) in [5.74, 6) is -0.123. The smallest absolute Gasteiger partial charge is 0.262 e. The quantitative estimate of drug-likeness (QED) is 0.355. The Morgan fingerprint density at radius 1 is 1.19 bits per heavy atom. The molecule has 0 unspecified atom stereocenters. The van der Waals surface area contributed by atoms with E-state index in [0.717, 1.165) is 31.4 Å². The van der Waals surface area contributed by atoms with Gasteiger partial charge in [-0.1, -0.05) is 25.1 Å². The number of amides is 2. The van der Waals surface area contributed by atoms with Crippen molar-refractivity contribution >= 4 is 34.0 Å². The highest BCUT2D eigenvalue weighted by Crippen LogP contribution is 2.30. The molecule has 1 aromatic heterocycles. The number of nitrogens with zero attached hydrogens (tertiary/aromatic N) is 2. The van der Waals surface area contributed by atoms with E-state index in [0.29, 0.717) is 41.1 Å². The zero-order chi connectivity index (χ0) is 25.3. The summed E-state index contributed by atoms with van der Waals surface area (Å²) in [7, 11) is 0. The largest absolute Gasteiger partial charge is 0.484 e. The molecular formula is C27H29N5O3S. The van der Waals surface area contributed by atoms with E-state index in [1.54, 1.807) is 24.3 Å². The molecule has 2 aromatic carbocycles. The van der Waals surface area contributed by atoms with Crippen LogP contribution in [-0.2, 0) is 24.1 Å². The molecule has 1 aliphatic rings. The Balaban J connectivity index is 1.29. The third-order valence-corrected chi connectivity index (χ3v) is 6.98. The van der Waals surface area contributed by atoms with Gasteiger partial charge in [-0.15, -0.1) is 11.3 Å². The maximum atomic E-state index is 12.8. The molecule has 8 nitrogen and oxygen atoms in total. The van der Waals surface area contributed by atoms with E-state index in [1.807, 2.05) is 24.3 Å². The van der Waals surface area contributed by atoms with Gasteiger partial charge in [0, 0.05) is 35.1 Å². The maximum absolute atomic E-state index is 12.8. The molecule has 3 aromatic rings. The Morgan fingerprint density at radius 2 is 2.03 bits per heavy atom. The van der Waals surface area contributed by atoms with Gasteiger partial charge in [-0.25, -0.2) is 4.98 Å². The van der Waals surface area contributed by atoms with Gasteiger partial charge in [0.05, 0.1) is 11.8 Å². The number of rotatable bonds is 10. The number of fused-ring (bicyclic) bond motifs is 1. The number of hydrogen-bond acceptors (Lipinski definition) is 7. The molecule has 0 saturated carbocycles. The topological polar surface area (TPSA) is 116 Å². The molecule has 0 saturated heterocycles. The van der Waals surface area contributed by atoms with Crippen LogP contribution in [0.25, 0.3) is 0 Å². The number of nitriles is 1. The van der Waals surface area contributed by atoms with E-state index in [9.17, 15) is 9.59 Å². The maximum Gasteiger partial charge on any atom is 0.262 e. The molecule has 186 valence electrons. The van der Waals surface area contributed by atoms with Crippen molar-refractivity contribution < 1.29 is 14.3 Å². The summed E-state index contributed by atoms with van der Waals surface area (Å²) in [5, 5.41) is 18.4. The highest BCUT2D eigenvalue weighted by Gasteiger charge is 2.23. The Bertz CT molecular complexity index is 1250. The van der Waals surface area contributed by atoms with Crippen LogP contribution in [0.3, 0.4) is 0 Å². The molecule has 4 rings (SSSR count). The number of carbonyl (C=O) groups excluding carboxylic acids is 2. The second-order valence-corrected chi connectivity index (χ2v) is 9.64. The van der Waals surface area contributed by atoms with Crippen LogP contribution in [0.2, 0.25) is 0 Å². The third kappa shape index (κ3) is 6.90. The normalized spacial score (nSPS) is 14.4. The van der Waals surface area contributed by atoms with Crippen molar-refractivity contribution in [3.63, 3.8) is 0 Å². The van der Waals surface area contributed by atoms with E-state index >= 15 is 0 Å². The van der Waals surface area contributed by atoms with E-state index in [-0.39, 0.29) is 18.4 Å². The Kier molecular flexibility index (Phi) is 8.66. The molecule has 0 radical (unpaired) electrons. The molecule has 1 heterocycles. The van der Waals surface area contributed by atoms with E-state index in [1.165, 1.54) is 21.8 Å². The SMILES string of the molecule is CCc1ccc(NC(=O)COc2cccc(C(=O)Nc3nc4c(s3)C[C@@H](NCCC#N)CC4)c2)cc1. The molecule has 0 aliphatic heterocycles. The average Bonchev–Trinajstić information content (AvgIpc) is 3.30. The van der Waals surface area contributed by atoms with Crippen LogP contribution in [0.4, 0.5) is 10.8 Å². The number of benzene rings is 2. The monoisotopic (exact) mass is 503 g/mol. The van der Waals surface area contributed by atoms with Gasteiger partial charge >= 0.3 is 0 Å². The van der Waals surface area contributed by atoms with Crippen molar-refractivity contribution in [2.24, 2.45) is 0 Å². The molecule has 2 amide bonds. The van der Waals surface area contributed by atoms with Crippen molar-refractivity contribution in [1.29, 1.82) is 5.26 Å². The van der Waals surface area contributed by atoms with Gasteiger partial charge in [0.15, 0.2) is 11.7 Å². The summed E-state index contributed by atoms with van der Waals surface area (Å²) >= 11 is 1.49. The Morgan fingerprint density at radius 3 is 2.81 bits per heavy atom. The molecule has 9 heteroatoms. The van der Waals surface area contributed by atoms with Crippen molar-refractivity contribution in [2.45, 2.75) is 45.1 Å². The minimum atomic E-state index is -0.282. The molecule has 0 fully saturated rings. The zero-order valence-corrected chi connectivity index (χ0v) is 21.0. The number of hydrogen-bond donors (Lipinski definition) is 3. The lowest BCUT2D eigenvalue weighted by molar-refractivity contribution is -0.118. The standard InChI is InChI=1S/C27H29N5O3S/c1-2-18-7-9-20(10-8-18)30-25(33)17-35-22-6-3-5-19(15-22)26(34)32-27-31-23-12-11-21(16-24(23)36-27)29-14-4-13-28/h3,5-10,15,21,29H,2,4,11-12,14,16-17H2,1H3,(H,30,33)(H,31,32,34)/t21-/m0/s1. The number of carbonyl (C=O) groups is 2. The van der Waals surface area contributed by atoms with E-state index in [2.05, 4.69) is 33.9 Å². The lowest BCUT2D eigenvalue weighted by Gasteiger charge is -2.21. The van der Waals surface area contributed by atoms with Gasteiger partial charge in [0.25, 0.3) is 11.8 Å². The van der Waals surface area contributed by atoms with Crippen LogP contribution in [0, 0.1) is 11.3 Å². The lowest BCUT2D eigenvalue weighted by Crippen LogP contribution is -2.34. The summed E-state index contributed by atoms with van der Waals surface area (Å²) in [5.41, 5.74) is 3.36. The van der Waals surface area contributed by atoms with Gasteiger partial charge in [-0.3, -0.25) is 14.9 Å². The molecule has 0 spiro atoms. The minimum absolute atomic E-state index is 0.163. The first kappa shape index (κ1) is 25.4. The minimum Gasteiger partial charge on any atom is -0.484 e. The van der Waals surface area contributed by atoms with E-state index in [4.69, 9.17) is 10.00 Å². The number of thiazole rings is 1. The van der Waals surface area contributed by atoms with Crippen LogP contribution in [-0.4, -0.2) is 36.0 Å². The summed E-state index contributed by atoms with van der Waals surface area (Å²) in [4.78, 5) is 30.8. The van der Waals surface area contributed by atoms with Crippen LogP contribution >= 0.6 is 11.3 Å². The predicted octanol–water partition coefficient (Wildman–Crippen LogP) is 4.34. The molecule has 3 N–H and O–H groups in total. The summed E-state index contributed by atoms with van der Waals surface area (Å²) in [6.07, 6.45) is 4.09. The number of aromatic nitrogens is 1. The van der Waals surface area contributed by atoms with Gasteiger partial charge in [-0.2, -0.15) is 5.26 Å². The number of nitrogens with one attached hydrogen (secondary N) is 3. The third-order valence-electron chi connectivity index (χ3n) is 5.94. The number of anilines is 2. The van der Waals surface area contributed by atoms with Gasteiger partial charge in [-0.05, 0) is 61.6 Å². The fourth-order valence-corrected chi connectivity index (χ4v) is 5.08. The van der Waals surface area contributed by atoms with Gasteiger partial charge in [0.2, 0.25) is 0 Å². The van der Waals surface area contributed by atoms with Crippen LogP contribution < -0.4 is 20.7 Å². The second kappa shape index (κ2) is 12.3. The fraction of sp³-hybridized carbons (Fsp3) is 0.333. The molecule has 1 aliphatic carbocycles. The second-order valence-electron chi connectivity index (χ2n) is 8.56. The number of ether oxygens (including phenoxy) is 1. The first-order valence-electron chi connectivity index (χ1n) is 12.1. The summed E-state index contributed by atoms with van der Waals surface area (Å²) in [6, 6.07) is 16.9.